The Bertz CT molecular complexity index is 549. The van der Waals surface area contributed by atoms with Crippen LogP contribution < -0.4 is 5.32 Å². The van der Waals surface area contributed by atoms with E-state index < -0.39 is 21.7 Å². The van der Waals surface area contributed by atoms with E-state index in [0.29, 0.717) is 25.8 Å². The van der Waals surface area contributed by atoms with Crippen LogP contribution in [0.25, 0.3) is 0 Å². The lowest BCUT2D eigenvalue weighted by atomic mass is 10.1. The molecule has 1 atom stereocenters. The molecule has 0 aliphatic carbocycles. The SMILES string of the molecule is CC(C)(C)OC(=O)NC[C@H]1CCCCN1S(=O)(=O)CCCCC#N. The molecular formula is C16H29N3O4S. The summed E-state index contributed by atoms with van der Waals surface area (Å²) in [6, 6.07) is 1.79. The number of rotatable bonds is 7. The van der Waals surface area contributed by atoms with Crippen LogP contribution in [0.15, 0.2) is 0 Å². The van der Waals surface area contributed by atoms with Gasteiger partial charge in [0, 0.05) is 25.6 Å². The third-order valence-corrected chi connectivity index (χ3v) is 5.75. The van der Waals surface area contributed by atoms with E-state index in [1.54, 1.807) is 20.8 Å². The second-order valence-corrected chi connectivity index (χ2v) is 9.12. The molecule has 0 saturated carbocycles. The minimum absolute atomic E-state index is 0.0532. The average molecular weight is 359 g/mol. The predicted octanol–water partition coefficient (Wildman–Crippen LogP) is 2.39. The molecule has 0 aromatic rings. The van der Waals surface area contributed by atoms with E-state index in [9.17, 15) is 13.2 Å². The molecule has 0 spiro atoms. The molecule has 0 unspecified atom stereocenters. The quantitative estimate of drug-likeness (QED) is 0.704. The smallest absolute Gasteiger partial charge is 0.407 e. The van der Waals surface area contributed by atoms with Crippen molar-refractivity contribution in [1.29, 1.82) is 5.26 Å². The maximum atomic E-state index is 12.5. The summed E-state index contributed by atoms with van der Waals surface area (Å²) in [6.45, 7) is 6.09. The number of piperidine rings is 1. The van der Waals surface area contributed by atoms with Crippen LogP contribution in [-0.2, 0) is 14.8 Å². The van der Waals surface area contributed by atoms with Gasteiger partial charge in [0.25, 0.3) is 0 Å². The monoisotopic (exact) mass is 359 g/mol. The van der Waals surface area contributed by atoms with Crippen LogP contribution >= 0.6 is 0 Å². The fourth-order valence-corrected chi connectivity index (χ4v) is 4.51. The van der Waals surface area contributed by atoms with Gasteiger partial charge in [-0.05, 0) is 46.5 Å². The van der Waals surface area contributed by atoms with Crippen LogP contribution in [-0.4, -0.2) is 49.3 Å². The molecule has 0 radical (unpaired) electrons. The van der Waals surface area contributed by atoms with Gasteiger partial charge in [0.1, 0.15) is 5.60 Å². The van der Waals surface area contributed by atoms with Crippen LogP contribution in [0.5, 0.6) is 0 Å². The molecule has 1 amide bonds. The first-order valence-electron chi connectivity index (χ1n) is 8.49. The van der Waals surface area contributed by atoms with Gasteiger partial charge in [0.05, 0.1) is 11.8 Å². The lowest BCUT2D eigenvalue weighted by Crippen LogP contribution is -2.50. The van der Waals surface area contributed by atoms with Gasteiger partial charge in [-0.25, -0.2) is 13.2 Å². The van der Waals surface area contributed by atoms with Crippen LogP contribution in [0.2, 0.25) is 0 Å². The van der Waals surface area contributed by atoms with Gasteiger partial charge in [0.2, 0.25) is 10.0 Å². The average Bonchev–Trinajstić information content (AvgIpc) is 2.48. The van der Waals surface area contributed by atoms with Gasteiger partial charge < -0.3 is 10.1 Å². The first kappa shape index (κ1) is 20.7. The molecule has 0 bridgehead atoms. The topological polar surface area (TPSA) is 99.5 Å². The van der Waals surface area contributed by atoms with E-state index in [1.807, 2.05) is 6.07 Å². The number of ether oxygens (including phenoxy) is 1. The lowest BCUT2D eigenvalue weighted by Gasteiger charge is -2.35. The standard InChI is InChI=1S/C16H29N3O4S/c1-16(2,3)23-15(20)18-13-14-9-5-7-11-19(14)24(21,22)12-8-4-6-10-17/h14H,4-9,11-13H2,1-3H3,(H,18,20)/t14-/m1/s1. The third kappa shape index (κ3) is 7.49. The van der Waals surface area contributed by atoms with E-state index in [4.69, 9.17) is 10.00 Å². The zero-order chi connectivity index (χ0) is 18.2. The van der Waals surface area contributed by atoms with E-state index in [0.717, 1.165) is 19.3 Å². The highest BCUT2D eigenvalue weighted by atomic mass is 32.2. The summed E-state index contributed by atoms with van der Waals surface area (Å²) in [6.07, 6.45) is 3.43. The molecule has 1 fully saturated rings. The maximum absolute atomic E-state index is 12.5. The third-order valence-electron chi connectivity index (χ3n) is 3.75. The number of nitrogens with one attached hydrogen (secondary N) is 1. The van der Waals surface area contributed by atoms with E-state index >= 15 is 0 Å². The van der Waals surface area contributed by atoms with Gasteiger partial charge in [-0.1, -0.05) is 6.42 Å². The van der Waals surface area contributed by atoms with Gasteiger partial charge in [-0.2, -0.15) is 9.57 Å². The molecule has 7 nitrogen and oxygen atoms in total. The Morgan fingerprint density at radius 1 is 1.33 bits per heavy atom. The lowest BCUT2D eigenvalue weighted by molar-refractivity contribution is 0.0512. The van der Waals surface area contributed by atoms with Crippen molar-refractivity contribution >= 4 is 16.1 Å². The number of hydrogen-bond donors (Lipinski definition) is 1. The van der Waals surface area contributed by atoms with Crippen molar-refractivity contribution in [3.8, 4) is 6.07 Å². The Morgan fingerprint density at radius 2 is 2.04 bits per heavy atom. The van der Waals surface area contributed by atoms with Crippen molar-refractivity contribution in [2.75, 3.05) is 18.8 Å². The van der Waals surface area contributed by atoms with Crippen molar-refractivity contribution in [2.45, 2.75) is 70.9 Å². The number of nitrogens with zero attached hydrogens (tertiary/aromatic N) is 2. The van der Waals surface area contributed by atoms with E-state index in [1.165, 1.54) is 4.31 Å². The zero-order valence-electron chi connectivity index (χ0n) is 14.9. The first-order valence-corrected chi connectivity index (χ1v) is 10.1. The number of carbonyl (C=O) groups is 1. The normalized spacial score (nSPS) is 19.5. The summed E-state index contributed by atoms with van der Waals surface area (Å²) >= 11 is 0. The number of hydrogen-bond acceptors (Lipinski definition) is 5. The van der Waals surface area contributed by atoms with E-state index in [-0.39, 0.29) is 18.3 Å². The summed E-state index contributed by atoms with van der Waals surface area (Å²) < 4.78 is 31.8. The molecule has 138 valence electrons. The highest BCUT2D eigenvalue weighted by Crippen LogP contribution is 2.21. The molecule has 1 rings (SSSR count). The number of nitriles is 1. The number of amides is 1. The van der Waals surface area contributed by atoms with Crippen molar-refractivity contribution in [3.05, 3.63) is 0 Å². The molecule has 1 saturated heterocycles. The van der Waals surface area contributed by atoms with Gasteiger partial charge in [0.15, 0.2) is 0 Å². The predicted molar refractivity (Wildman–Crippen MR) is 91.8 cm³/mol. The Kier molecular flexibility index (Phi) is 7.97. The number of sulfonamides is 1. The fourth-order valence-electron chi connectivity index (χ4n) is 2.67. The molecule has 1 aliphatic rings. The van der Waals surface area contributed by atoms with Gasteiger partial charge in [-0.15, -0.1) is 0 Å². The minimum Gasteiger partial charge on any atom is -0.444 e. The van der Waals surface area contributed by atoms with Gasteiger partial charge in [-0.3, -0.25) is 0 Å². The molecule has 1 N–H and O–H groups in total. The summed E-state index contributed by atoms with van der Waals surface area (Å²) in [5.74, 6) is 0.0532. The van der Waals surface area contributed by atoms with E-state index in [2.05, 4.69) is 5.32 Å². The molecular weight excluding hydrogens is 330 g/mol. The minimum atomic E-state index is -3.36. The second-order valence-electron chi connectivity index (χ2n) is 7.07. The molecule has 8 heteroatoms. The van der Waals surface area contributed by atoms with Crippen LogP contribution in [0.1, 0.15) is 59.3 Å². The highest BCUT2D eigenvalue weighted by Gasteiger charge is 2.32. The van der Waals surface area contributed by atoms with Crippen molar-refractivity contribution in [3.63, 3.8) is 0 Å². The van der Waals surface area contributed by atoms with Crippen LogP contribution in [0.4, 0.5) is 4.79 Å². The Hall–Kier alpha value is -1.33. The second kappa shape index (κ2) is 9.23. The van der Waals surface area contributed by atoms with Crippen LogP contribution in [0, 0.1) is 11.3 Å². The number of unbranched alkanes of at least 4 members (excludes halogenated alkanes) is 2. The summed E-state index contributed by atoms with van der Waals surface area (Å²) in [7, 11) is -3.36. The number of carbonyl (C=O) groups excluding carboxylic acids is 1. The van der Waals surface area contributed by atoms with Crippen molar-refractivity contribution in [2.24, 2.45) is 0 Å². The largest absolute Gasteiger partial charge is 0.444 e. The number of alkyl carbamates (subject to hydrolysis) is 1. The molecule has 24 heavy (non-hydrogen) atoms. The molecule has 1 aliphatic heterocycles. The molecule has 0 aromatic heterocycles. The zero-order valence-corrected chi connectivity index (χ0v) is 15.7. The summed E-state index contributed by atoms with van der Waals surface area (Å²) in [5.41, 5.74) is -0.580. The molecule has 0 aromatic carbocycles. The fraction of sp³-hybridized carbons (Fsp3) is 0.875. The maximum Gasteiger partial charge on any atom is 0.407 e. The van der Waals surface area contributed by atoms with Crippen LogP contribution in [0.3, 0.4) is 0 Å². The summed E-state index contributed by atoms with van der Waals surface area (Å²) in [5, 5.41) is 11.2. The first-order chi connectivity index (χ1) is 11.2. The highest BCUT2D eigenvalue weighted by molar-refractivity contribution is 7.89. The van der Waals surface area contributed by atoms with Crippen molar-refractivity contribution < 1.29 is 17.9 Å². The molecule has 1 heterocycles. The Morgan fingerprint density at radius 3 is 2.67 bits per heavy atom. The summed E-state index contributed by atoms with van der Waals surface area (Å²) in [4.78, 5) is 11.8. The van der Waals surface area contributed by atoms with Crippen molar-refractivity contribution in [1.82, 2.24) is 9.62 Å². The Balaban J connectivity index is 2.58. The van der Waals surface area contributed by atoms with Gasteiger partial charge >= 0.3 is 6.09 Å². The Labute approximate surface area is 145 Å².